The first-order valence-corrected chi connectivity index (χ1v) is 7.56. The summed E-state index contributed by atoms with van der Waals surface area (Å²) in [4.78, 5) is 22.6. The predicted molar refractivity (Wildman–Crippen MR) is 74.5 cm³/mol. The molecule has 2 rings (SSSR count). The van der Waals surface area contributed by atoms with Crippen LogP contribution in [0.25, 0.3) is 0 Å². The van der Waals surface area contributed by atoms with E-state index in [1.54, 1.807) is 23.9 Å². The van der Waals surface area contributed by atoms with Crippen LogP contribution in [0.5, 0.6) is 0 Å². The highest BCUT2D eigenvalue weighted by molar-refractivity contribution is 7.98. The second-order valence-corrected chi connectivity index (χ2v) is 5.99. The molecule has 0 aromatic carbocycles. The van der Waals surface area contributed by atoms with Gasteiger partial charge in [-0.05, 0) is 36.1 Å². The number of furan rings is 1. The highest BCUT2D eigenvalue weighted by Gasteiger charge is 2.44. The van der Waals surface area contributed by atoms with Crippen LogP contribution in [0, 0.1) is 5.41 Å². The Kier molecular flexibility index (Phi) is 4.75. The second-order valence-electron chi connectivity index (χ2n) is 5.00. The number of hydrogen-bond donors (Lipinski definition) is 0. The summed E-state index contributed by atoms with van der Waals surface area (Å²) in [5.41, 5.74) is 0.107. The molecule has 1 aromatic rings. The highest BCUT2D eigenvalue weighted by atomic mass is 32.2. The Morgan fingerprint density at radius 3 is 2.65 bits per heavy atom. The first-order valence-electron chi connectivity index (χ1n) is 6.40. The molecule has 1 aromatic heterocycles. The van der Waals surface area contributed by atoms with Crippen LogP contribution in [0.3, 0.4) is 0 Å². The Morgan fingerprint density at radius 2 is 2.05 bits per heavy atom. The summed E-state index contributed by atoms with van der Waals surface area (Å²) in [6.07, 6.45) is 2.63. The molecule has 0 spiro atoms. The Labute approximate surface area is 122 Å². The molecule has 0 atom stereocenters. The molecule has 0 amide bonds. The smallest absolute Gasteiger partial charge is 0.373 e. The predicted octanol–water partition coefficient (Wildman–Crippen LogP) is 2.64. The van der Waals surface area contributed by atoms with Crippen molar-refractivity contribution in [3.63, 3.8) is 0 Å². The molecule has 1 aliphatic carbocycles. The van der Waals surface area contributed by atoms with Gasteiger partial charge in [0.15, 0.2) is 0 Å². The minimum atomic E-state index is -0.467. The fourth-order valence-corrected chi connectivity index (χ4v) is 3.24. The number of rotatable bonds is 7. The van der Waals surface area contributed by atoms with Crippen LogP contribution in [0.4, 0.5) is 0 Å². The van der Waals surface area contributed by atoms with E-state index in [0.29, 0.717) is 12.2 Å². The minimum absolute atomic E-state index is 0.107. The average molecular weight is 298 g/mol. The molecule has 0 unspecified atom stereocenters. The van der Waals surface area contributed by atoms with E-state index < -0.39 is 5.97 Å². The first kappa shape index (κ1) is 15.0. The third kappa shape index (κ3) is 3.79. The van der Waals surface area contributed by atoms with Gasteiger partial charge in [0.2, 0.25) is 5.76 Å². The van der Waals surface area contributed by atoms with Crippen LogP contribution < -0.4 is 0 Å². The largest absolute Gasteiger partial charge is 0.469 e. The van der Waals surface area contributed by atoms with E-state index in [0.717, 1.165) is 24.4 Å². The number of carbonyl (C=O) groups is 2. The van der Waals surface area contributed by atoms with Gasteiger partial charge in [-0.2, -0.15) is 11.8 Å². The molecule has 0 saturated heterocycles. The van der Waals surface area contributed by atoms with Crippen LogP contribution in [0.1, 0.15) is 35.6 Å². The van der Waals surface area contributed by atoms with E-state index >= 15 is 0 Å². The van der Waals surface area contributed by atoms with Crippen molar-refractivity contribution >= 4 is 23.7 Å². The van der Waals surface area contributed by atoms with Gasteiger partial charge in [0, 0.05) is 0 Å². The van der Waals surface area contributed by atoms with E-state index in [-0.39, 0.29) is 17.1 Å². The zero-order chi connectivity index (χ0) is 14.6. The normalized spacial score (nSPS) is 15.7. The molecule has 20 heavy (non-hydrogen) atoms. The lowest BCUT2D eigenvalue weighted by Crippen LogP contribution is -2.13. The van der Waals surface area contributed by atoms with Crippen molar-refractivity contribution in [2.45, 2.75) is 25.0 Å². The van der Waals surface area contributed by atoms with Crippen LogP contribution in [-0.4, -0.2) is 31.9 Å². The van der Waals surface area contributed by atoms with Crippen LogP contribution >= 0.6 is 11.8 Å². The van der Waals surface area contributed by atoms with E-state index in [1.165, 1.54) is 14.2 Å². The van der Waals surface area contributed by atoms with Crippen LogP contribution in [0.2, 0.25) is 0 Å². The number of methoxy groups -OCH3 is 2. The summed E-state index contributed by atoms with van der Waals surface area (Å²) in [6, 6.07) is 3.39. The lowest BCUT2D eigenvalue weighted by atomic mass is 10.1. The van der Waals surface area contributed by atoms with Crippen LogP contribution in [-0.2, 0) is 20.0 Å². The number of hydrogen-bond acceptors (Lipinski definition) is 6. The lowest BCUT2D eigenvalue weighted by Gasteiger charge is -2.12. The second kappa shape index (κ2) is 6.35. The number of ether oxygens (including phenoxy) is 2. The fourth-order valence-electron chi connectivity index (χ4n) is 1.96. The van der Waals surface area contributed by atoms with Gasteiger partial charge in [0.05, 0.1) is 26.4 Å². The van der Waals surface area contributed by atoms with Gasteiger partial charge in [-0.25, -0.2) is 4.79 Å². The van der Waals surface area contributed by atoms with Gasteiger partial charge >= 0.3 is 11.9 Å². The summed E-state index contributed by atoms with van der Waals surface area (Å²) >= 11 is 1.71. The molecule has 1 fully saturated rings. The Hall–Kier alpha value is -1.43. The molecule has 0 radical (unpaired) electrons. The standard InChI is InChI=1S/C14H18O5S/c1-17-12(15)7-14(5-6-14)9-20-8-10-3-4-11(19-10)13(16)18-2/h3-4H,5-9H2,1-2H3. The van der Waals surface area contributed by atoms with Gasteiger partial charge in [-0.1, -0.05) is 0 Å². The van der Waals surface area contributed by atoms with Crippen molar-refractivity contribution in [1.82, 2.24) is 0 Å². The first-order chi connectivity index (χ1) is 9.58. The maximum absolute atomic E-state index is 11.3. The topological polar surface area (TPSA) is 65.7 Å². The molecule has 1 saturated carbocycles. The molecule has 0 aliphatic heterocycles. The van der Waals surface area contributed by atoms with Gasteiger partial charge in [0.1, 0.15) is 5.76 Å². The Morgan fingerprint density at radius 1 is 1.30 bits per heavy atom. The molecule has 110 valence electrons. The van der Waals surface area contributed by atoms with Gasteiger partial charge in [-0.3, -0.25) is 4.79 Å². The maximum atomic E-state index is 11.3. The van der Waals surface area contributed by atoms with Crippen molar-refractivity contribution in [3.8, 4) is 0 Å². The van der Waals surface area contributed by atoms with Gasteiger partial charge < -0.3 is 13.9 Å². The molecule has 6 heteroatoms. The number of thioether (sulfide) groups is 1. The van der Waals surface area contributed by atoms with E-state index in [4.69, 9.17) is 9.15 Å². The van der Waals surface area contributed by atoms with E-state index in [9.17, 15) is 9.59 Å². The molecule has 0 N–H and O–H groups in total. The minimum Gasteiger partial charge on any atom is -0.469 e. The molecular weight excluding hydrogens is 280 g/mol. The average Bonchev–Trinajstić information content (AvgIpc) is 3.03. The van der Waals surface area contributed by atoms with Gasteiger partial charge in [0.25, 0.3) is 0 Å². The SMILES string of the molecule is COC(=O)CC1(CSCc2ccc(C(=O)OC)o2)CC1. The van der Waals surface area contributed by atoms with Crippen molar-refractivity contribution in [3.05, 3.63) is 23.7 Å². The summed E-state index contributed by atoms with van der Waals surface area (Å²) < 4.78 is 14.7. The maximum Gasteiger partial charge on any atom is 0.373 e. The Bertz CT molecular complexity index is 490. The van der Waals surface area contributed by atoms with Crippen molar-refractivity contribution in [1.29, 1.82) is 0 Å². The lowest BCUT2D eigenvalue weighted by molar-refractivity contribution is -0.141. The molecular formula is C14H18O5S. The third-order valence-corrected chi connectivity index (χ3v) is 4.71. The number of esters is 2. The summed E-state index contributed by atoms with van der Waals surface area (Å²) in [7, 11) is 2.74. The van der Waals surface area contributed by atoms with Gasteiger partial charge in [-0.15, -0.1) is 0 Å². The molecule has 1 aliphatic rings. The summed E-state index contributed by atoms with van der Waals surface area (Å²) in [5, 5.41) is 0. The monoisotopic (exact) mass is 298 g/mol. The molecule has 1 heterocycles. The number of carbonyl (C=O) groups excluding carboxylic acids is 2. The quantitative estimate of drug-likeness (QED) is 0.721. The summed E-state index contributed by atoms with van der Waals surface area (Å²) in [5.74, 6) is 1.93. The molecule has 0 bridgehead atoms. The van der Waals surface area contributed by atoms with Crippen molar-refractivity contribution in [2.24, 2.45) is 5.41 Å². The fraction of sp³-hybridized carbons (Fsp3) is 0.571. The highest BCUT2D eigenvalue weighted by Crippen LogP contribution is 2.51. The third-order valence-electron chi connectivity index (χ3n) is 3.40. The summed E-state index contributed by atoms with van der Waals surface area (Å²) in [6.45, 7) is 0. The van der Waals surface area contributed by atoms with E-state index in [1.807, 2.05) is 0 Å². The molecule has 5 nitrogen and oxygen atoms in total. The van der Waals surface area contributed by atoms with Crippen molar-refractivity contribution in [2.75, 3.05) is 20.0 Å². The van der Waals surface area contributed by atoms with Crippen molar-refractivity contribution < 1.29 is 23.5 Å². The van der Waals surface area contributed by atoms with Crippen LogP contribution in [0.15, 0.2) is 16.5 Å². The van der Waals surface area contributed by atoms with E-state index in [2.05, 4.69) is 4.74 Å². The zero-order valence-corrected chi connectivity index (χ0v) is 12.5. The zero-order valence-electron chi connectivity index (χ0n) is 11.6. The Balaban J connectivity index is 1.77.